The van der Waals surface area contributed by atoms with Gasteiger partial charge in [-0.3, -0.25) is 0 Å². The van der Waals surface area contributed by atoms with E-state index in [1.807, 2.05) is 24.3 Å². The quantitative estimate of drug-likeness (QED) is 0.695. The third-order valence-corrected chi connectivity index (χ3v) is 5.81. The Morgan fingerprint density at radius 2 is 1.85 bits per heavy atom. The van der Waals surface area contributed by atoms with Gasteiger partial charge in [0.25, 0.3) is 0 Å². The number of hydrogen-bond donors (Lipinski definition) is 1. The molecule has 0 unspecified atom stereocenters. The van der Waals surface area contributed by atoms with Gasteiger partial charge in [0.2, 0.25) is 11.7 Å². The van der Waals surface area contributed by atoms with E-state index in [2.05, 4.69) is 45.8 Å². The molecule has 2 aliphatic carbocycles. The van der Waals surface area contributed by atoms with Crippen LogP contribution in [0.4, 0.5) is 0 Å². The lowest BCUT2D eigenvalue weighted by Gasteiger charge is -2.11. The highest BCUT2D eigenvalue weighted by molar-refractivity contribution is 6.30. The zero-order valence-electron chi connectivity index (χ0n) is 14.4. The topological polar surface area (TPSA) is 51.0 Å². The molecule has 2 atom stereocenters. The van der Waals surface area contributed by atoms with Crippen molar-refractivity contribution in [2.45, 2.75) is 36.6 Å². The van der Waals surface area contributed by atoms with Crippen molar-refractivity contribution in [2.24, 2.45) is 0 Å². The summed E-state index contributed by atoms with van der Waals surface area (Å²) in [7, 11) is 0. The van der Waals surface area contributed by atoms with Gasteiger partial charge in [0.15, 0.2) is 0 Å². The molecule has 5 heteroatoms. The Labute approximate surface area is 157 Å². The lowest BCUT2D eigenvalue weighted by atomic mass is 10.1. The summed E-state index contributed by atoms with van der Waals surface area (Å²) in [5.41, 5.74) is 2.37. The molecule has 0 bridgehead atoms. The summed E-state index contributed by atoms with van der Waals surface area (Å²) in [6.45, 7) is 0.906. The van der Waals surface area contributed by atoms with Crippen LogP contribution in [0.2, 0.25) is 5.02 Å². The van der Waals surface area contributed by atoms with Crippen LogP contribution in [0.5, 0.6) is 0 Å². The lowest BCUT2D eigenvalue weighted by Crippen LogP contribution is -2.29. The van der Waals surface area contributed by atoms with E-state index in [9.17, 15) is 0 Å². The molecule has 2 saturated carbocycles. The van der Waals surface area contributed by atoms with E-state index in [-0.39, 0.29) is 5.41 Å². The van der Waals surface area contributed by atoms with Gasteiger partial charge in [-0.15, -0.1) is 0 Å². The second-order valence-corrected chi connectivity index (χ2v) is 7.89. The van der Waals surface area contributed by atoms with Gasteiger partial charge in [-0.25, -0.2) is 0 Å². The van der Waals surface area contributed by atoms with Crippen molar-refractivity contribution < 1.29 is 4.52 Å². The van der Waals surface area contributed by atoms with Crippen molar-refractivity contribution in [3.8, 4) is 11.4 Å². The molecule has 3 aromatic rings. The molecule has 26 heavy (non-hydrogen) atoms. The molecule has 2 aromatic carbocycles. The molecule has 4 nitrogen and oxygen atoms in total. The third kappa shape index (κ3) is 3.04. The van der Waals surface area contributed by atoms with Crippen molar-refractivity contribution in [1.82, 2.24) is 15.5 Å². The molecule has 0 amide bonds. The Morgan fingerprint density at radius 3 is 2.58 bits per heavy atom. The third-order valence-electron chi connectivity index (χ3n) is 5.56. The molecule has 5 rings (SSSR count). The Bertz CT molecular complexity index is 903. The molecule has 0 saturated heterocycles. The van der Waals surface area contributed by atoms with Crippen molar-refractivity contribution in [3.05, 3.63) is 71.1 Å². The average molecular weight is 366 g/mol. The number of halogens is 1. The highest BCUT2D eigenvalue weighted by atomic mass is 35.5. The van der Waals surface area contributed by atoms with Crippen molar-refractivity contribution in [2.75, 3.05) is 6.54 Å². The maximum absolute atomic E-state index is 5.95. The minimum atomic E-state index is 0.0154. The first-order chi connectivity index (χ1) is 12.7. The standard InChI is InChI=1S/C21H20ClN3O/c22-16-8-6-15(7-9-16)19-24-20(26-25-19)21(10-11-21)13-23-18-12-17(18)14-4-2-1-3-5-14/h1-9,17-18,23H,10-13H2/t17-,18+/m1/s1. The van der Waals surface area contributed by atoms with Gasteiger partial charge in [0.05, 0.1) is 5.41 Å². The number of benzene rings is 2. The molecule has 132 valence electrons. The van der Waals surface area contributed by atoms with Gasteiger partial charge in [0.1, 0.15) is 0 Å². The molecular weight excluding hydrogens is 346 g/mol. The fourth-order valence-electron chi connectivity index (χ4n) is 3.59. The molecule has 1 heterocycles. The Hall–Kier alpha value is -2.17. The summed E-state index contributed by atoms with van der Waals surface area (Å²) in [5, 5.41) is 8.59. The van der Waals surface area contributed by atoms with E-state index in [1.54, 1.807) is 0 Å². The van der Waals surface area contributed by atoms with Gasteiger partial charge in [-0.1, -0.05) is 47.1 Å². The summed E-state index contributed by atoms with van der Waals surface area (Å²) in [6, 6.07) is 18.8. The maximum atomic E-state index is 5.95. The zero-order valence-corrected chi connectivity index (χ0v) is 15.1. The van der Waals surface area contributed by atoms with Crippen LogP contribution in [-0.2, 0) is 5.41 Å². The predicted octanol–water partition coefficient (Wildman–Crippen LogP) is 4.57. The van der Waals surface area contributed by atoms with Gasteiger partial charge in [0, 0.05) is 29.1 Å². The number of aromatic nitrogens is 2. The molecule has 0 aliphatic heterocycles. The zero-order chi connectivity index (χ0) is 17.6. The summed E-state index contributed by atoms with van der Waals surface area (Å²) >= 11 is 5.95. The summed E-state index contributed by atoms with van der Waals surface area (Å²) in [4.78, 5) is 4.66. The fourth-order valence-corrected chi connectivity index (χ4v) is 3.71. The van der Waals surface area contributed by atoms with E-state index >= 15 is 0 Å². The predicted molar refractivity (Wildman–Crippen MR) is 101 cm³/mol. The first-order valence-corrected chi connectivity index (χ1v) is 9.50. The molecule has 2 fully saturated rings. The van der Waals surface area contributed by atoms with Gasteiger partial charge < -0.3 is 9.84 Å². The highest BCUT2D eigenvalue weighted by Crippen LogP contribution is 2.49. The Balaban J connectivity index is 1.24. The van der Waals surface area contributed by atoms with Gasteiger partial charge >= 0.3 is 0 Å². The van der Waals surface area contributed by atoms with Gasteiger partial charge in [-0.05, 0) is 49.1 Å². The molecule has 1 N–H and O–H groups in total. The Morgan fingerprint density at radius 1 is 1.08 bits per heavy atom. The van der Waals surface area contributed by atoms with E-state index in [0.29, 0.717) is 22.8 Å². The van der Waals surface area contributed by atoms with Crippen molar-refractivity contribution in [1.29, 1.82) is 0 Å². The van der Waals surface area contributed by atoms with Crippen LogP contribution >= 0.6 is 11.6 Å². The fraction of sp³-hybridized carbons (Fsp3) is 0.333. The molecule has 0 radical (unpaired) electrons. The monoisotopic (exact) mass is 365 g/mol. The smallest absolute Gasteiger partial charge is 0.234 e. The van der Waals surface area contributed by atoms with Crippen LogP contribution in [0, 0.1) is 0 Å². The average Bonchev–Trinajstić information content (AvgIpc) is 3.59. The van der Waals surface area contributed by atoms with Crippen molar-refractivity contribution in [3.63, 3.8) is 0 Å². The minimum Gasteiger partial charge on any atom is -0.338 e. The molecule has 2 aliphatic rings. The van der Waals surface area contributed by atoms with E-state index in [1.165, 1.54) is 12.0 Å². The molecule has 0 spiro atoms. The lowest BCUT2D eigenvalue weighted by molar-refractivity contribution is 0.338. The largest absolute Gasteiger partial charge is 0.338 e. The second-order valence-electron chi connectivity index (χ2n) is 7.45. The van der Waals surface area contributed by atoms with E-state index in [0.717, 1.165) is 30.8 Å². The number of rotatable bonds is 6. The second kappa shape index (κ2) is 6.22. The van der Waals surface area contributed by atoms with E-state index < -0.39 is 0 Å². The van der Waals surface area contributed by atoms with E-state index in [4.69, 9.17) is 16.1 Å². The molecular formula is C21H20ClN3O. The van der Waals surface area contributed by atoms with Crippen LogP contribution in [-0.4, -0.2) is 22.7 Å². The van der Waals surface area contributed by atoms with Gasteiger partial charge in [-0.2, -0.15) is 4.98 Å². The van der Waals surface area contributed by atoms with Crippen LogP contribution in [0.25, 0.3) is 11.4 Å². The number of nitrogens with one attached hydrogen (secondary N) is 1. The minimum absolute atomic E-state index is 0.0154. The summed E-state index contributed by atoms with van der Waals surface area (Å²) in [5.74, 6) is 2.03. The first kappa shape index (κ1) is 16.0. The molecule has 1 aromatic heterocycles. The highest BCUT2D eigenvalue weighted by Gasteiger charge is 2.51. The Kier molecular flexibility index (Phi) is 3.84. The first-order valence-electron chi connectivity index (χ1n) is 9.12. The number of hydrogen-bond acceptors (Lipinski definition) is 4. The van der Waals surface area contributed by atoms with Crippen molar-refractivity contribution >= 4 is 11.6 Å². The van der Waals surface area contributed by atoms with Crippen LogP contribution in [0.1, 0.15) is 36.6 Å². The number of nitrogens with zero attached hydrogens (tertiary/aromatic N) is 2. The maximum Gasteiger partial charge on any atom is 0.234 e. The van der Waals surface area contributed by atoms with Crippen LogP contribution in [0.3, 0.4) is 0 Å². The SMILES string of the molecule is Clc1ccc(-c2noc(C3(CN[C@H]4C[C@@H]4c4ccccc4)CC3)n2)cc1. The van der Waals surface area contributed by atoms with Crippen LogP contribution < -0.4 is 5.32 Å². The van der Waals surface area contributed by atoms with Crippen LogP contribution in [0.15, 0.2) is 59.1 Å². The summed E-state index contributed by atoms with van der Waals surface area (Å²) in [6.07, 6.45) is 3.41. The normalized spacial score (nSPS) is 23.0. The summed E-state index contributed by atoms with van der Waals surface area (Å²) < 4.78 is 5.61.